The highest BCUT2D eigenvalue weighted by Crippen LogP contribution is 2.45. The summed E-state index contributed by atoms with van der Waals surface area (Å²) in [5.41, 5.74) is -1.19. The van der Waals surface area contributed by atoms with Crippen LogP contribution in [-0.4, -0.2) is 40.5 Å². The van der Waals surface area contributed by atoms with Crippen LogP contribution >= 0.6 is 0 Å². The second-order valence-corrected chi connectivity index (χ2v) is 10.4. The number of carbonyl (C=O) groups excluding carboxylic acids is 2. The summed E-state index contributed by atoms with van der Waals surface area (Å²) in [6.45, 7) is 4.57. The van der Waals surface area contributed by atoms with Gasteiger partial charge in [-0.1, -0.05) is 12.1 Å². The van der Waals surface area contributed by atoms with Crippen LogP contribution in [0.2, 0.25) is 0 Å². The van der Waals surface area contributed by atoms with E-state index in [4.69, 9.17) is 4.42 Å². The molecule has 1 N–H and O–H groups in total. The normalized spacial score (nSPS) is 13.6. The van der Waals surface area contributed by atoms with Crippen LogP contribution in [0.15, 0.2) is 51.7 Å². The van der Waals surface area contributed by atoms with E-state index in [1.165, 1.54) is 19.2 Å². The van der Waals surface area contributed by atoms with Gasteiger partial charge in [-0.2, -0.15) is 10.4 Å². The number of rotatable bonds is 5. The monoisotopic (exact) mass is 581 g/mol. The zero-order chi connectivity index (χ0) is 30.6. The van der Waals surface area contributed by atoms with Gasteiger partial charge in [0.1, 0.15) is 12.2 Å². The Morgan fingerprint density at radius 3 is 2.60 bits per heavy atom. The summed E-state index contributed by atoms with van der Waals surface area (Å²) in [5.74, 6) is -4.30. The van der Waals surface area contributed by atoms with Crippen LogP contribution in [-0.2, 0) is 11.3 Å². The molecule has 0 fully saturated rings. The molecule has 11 nitrogen and oxygen atoms in total. The van der Waals surface area contributed by atoms with Gasteiger partial charge in [-0.05, 0) is 45.0 Å². The van der Waals surface area contributed by atoms with Crippen molar-refractivity contribution >= 4 is 28.5 Å². The maximum absolute atomic E-state index is 15.0. The Hall–Kier alpha value is -5.32. The van der Waals surface area contributed by atoms with E-state index in [-0.39, 0.29) is 28.0 Å². The van der Waals surface area contributed by atoms with E-state index in [1.807, 2.05) is 6.07 Å². The number of likely N-dealkylation sites (N-methyl/N-ethyl adjacent to an activating group) is 1. The lowest BCUT2D eigenvalue weighted by molar-refractivity contribution is -0.287. The highest BCUT2D eigenvalue weighted by Gasteiger charge is 2.45. The van der Waals surface area contributed by atoms with Crippen LogP contribution in [0.1, 0.15) is 36.9 Å². The predicted octanol–water partition coefficient (Wildman–Crippen LogP) is 4.18. The molecule has 0 saturated carbocycles. The topological polar surface area (TPSA) is 140 Å². The number of amides is 2. The maximum atomic E-state index is 15.0. The number of furan rings is 1. The number of nitriles is 1. The van der Waals surface area contributed by atoms with Crippen molar-refractivity contribution in [1.82, 2.24) is 15.1 Å². The first-order valence-corrected chi connectivity index (χ1v) is 12.4. The van der Waals surface area contributed by atoms with Gasteiger partial charge in [-0.15, -0.1) is 8.78 Å². The smallest absolute Gasteiger partial charge is 0.448 e. The predicted molar refractivity (Wildman–Crippen MR) is 142 cm³/mol. The summed E-state index contributed by atoms with van der Waals surface area (Å²) in [7, 11) is 1.18. The summed E-state index contributed by atoms with van der Waals surface area (Å²) in [4.78, 5) is 40.3. The minimum atomic E-state index is -4.07. The lowest BCUT2D eigenvalue weighted by Crippen LogP contribution is -2.40. The largest absolute Gasteiger partial charge is 0.586 e. The Balaban J connectivity index is 1.56. The highest BCUT2D eigenvalue weighted by atomic mass is 19.3. The number of aromatic nitrogens is 2. The summed E-state index contributed by atoms with van der Waals surface area (Å²) in [6, 6.07) is 11.5. The van der Waals surface area contributed by atoms with Crippen LogP contribution in [0, 0.1) is 17.1 Å². The number of alkyl halides is 2. The van der Waals surface area contributed by atoms with Gasteiger partial charge in [0, 0.05) is 24.2 Å². The van der Waals surface area contributed by atoms with Crippen LogP contribution < -0.4 is 25.2 Å². The van der Waals surface area contributed by atoms with Crippen molar-refractivity contribution in [3.8, 4) is 28.8 Å². The van der Waals surface area contributed by atoms with Crippen molar-refractivity contribution in [3.05, 3.63) is 70.0 Å². The molecule has 0 bridgehead atoms. The third-order valence-corrected chi connectivity index (χ3v) is 6.12. The Morgan fingerprint density at radius 1 is 1.17 bits per heavy atom. The number of anilines is 1. The molecule has 0 aliphatic carbocycles. The molecule has 2 aromatic heterocycles. The third kappa shape index (κ3) is 5.24. The Bertz CT molecular complexity index is 1870. The van der Waals surface area contributed by atoms with Gasteiger partial charge in [0.2, 0.25) is 11.7 Å². The van der Waals surface area contributed by atoms with Gasteiger partial charge in [-0.3, -0.25) is 14.4 Å². The van der Waals surface area contributed by atoms with E-state index in [0.717, 1.165) is 21.7 Å². The molecule has 0 unspecified atom stereocenters. The van der Waals surface area contributed by atoms with Crippen LogP contribution in [0.25, 0.3) is 22.2 Å². The maximum Gasteiger partial charge on any atom is 0.586 e. The molecule has 0 radical (unpaired) electrons. The molecule has 0 saturated heterocycles. The average molecular weight is 582 g/mol. The molecular weight excluding hydrogens is 559 g/mol. The molecule has 2 amide bonds. The fourth-order valence-corrected chi connectivity index (χ4v) is 4.22. The minimum absolute atomic E-state index is 0.0473. The molecule has 216 valence electrons. The SMILES string of the molecule is CN(C(=O)Cn1nc(-c2cccc(C#N)c2)c2oc(C(=O)NC(C)(C)C)cc2c1=O)c1ccc2c(c1F)OC(F)(F)O2. The summed E-state index contributed by atoms with van der Waals surface area (Å²) in [5, 5.41) is 16.3. The molecule has 5 rings (SSSR count). The third-order valence-electron chi connectivity index (χ3n) is 6.12. The first-order chi connectivity index (χ1) is 19.7. The summed E-state index contributed by atoms with van der Waals surface area (Å²) in [6.07, 6.45) is -4.07. The number of halogens is 3. The zero-order valence-electron chi connectivity index (χ0n) is 22.6. The van der Waals surface area contributed by atoms with Gasteiger partial charge < -0.3 is 24.1 Å². The molecule has 0 spiro atoms. The summed E-state index contributed by atoms with van der Waals surface area (Å²) < 4.78 is 56.9. The van der Waals surface area contributed by atoms with Gasteiger partial charge in [0.05, 0.1) is 22.7 Å². The van der Waals surface area contributed by atoms with E-state index < -0.39 is 58.8 Å². The van der Waals surface area contributed by atoms with Gasteiger partial charge >= 0.3 is 6.29 Å². The summed E-state index contributed by atoms with van der Waals surface area (Å²) >= 11 is 0. The van der Waals surface area contributed by atoms with Crippen molar-refractivity contribution in [2.75, 3.05) is 11.9 Å². The average Bonchev–Trinajstić information content (AvgIpc) is 3.50. The van der Waals surface area contributed by atoms with Crippen molar-refractivity contribution in [2.24, 2.45) is 0 Å². The van der Waals surface area contributed by atoms with Crippen molar-refractivity contribution < 1.29 is 36.7 Å². The number of carbonyl (C=O) groups is 2. The molecule has 1 aliphatic rings. The Labute approximate surface area is 235 Å². The highest BCUT2D eigenvalue weighted by molar-refractivity contribution is 5.99. The first-order valence-electron chi connectivity index (χ1n) is 12.4. The number of hydrogen-bond acceptors (Lipinski definition) is 8. The fourth-order valence-electron chi connectivity index (χ4n) is 4.22. The Kier molecular flexibility index (Phi) is 6.68. The van der Waals surface area contributed by atoms with Crippen LogP contribution in [0.4, 0.5) is 18.9 Å². The second-order valence-electron chi connectivity index (χ2n) is 10.4. The standard InChI is InChI=1S/C28H22F3N5O6/c1-27(2,3)33-25(38)19-11-16-23(40-19)22(15-7-5-6-14(10-15)12-32)34-36(26(16)39)13-20(37)35(4)17-8-9-18-24(21(17)29)42-28(30,31)41-18/h5-11H,13H2,1-4H3,(H,33,38). The van der Waals surface area contributed by atoms with E-state index in [9.17, 15) is 28.4 Å². The number of benzene rings is 2. The van der Waals surface area contributed by atoms with Crippen molar-refractivity contribution in [3.63, 3.8) is 0 Å². The van der Waals surface area contributed by atoms with Crippen LogP contribution in [0.5, 0.6) is 11.5 Å². The Morgan fingerprint density at radius 2 is 1.90 bits per heavy atom. The van der Waals surface area contributed by atoms with Crippen molar-refractivity contribution in [2.45, 2.75) is 39.1 Å². The molecular formula is C28H22F3N5O6. The van der Waals surface area contributed by atoms with Gasteiger partial charge in [0.15, 0.2) is 22.9 Å². The lowest BCUT2D eigenvalue weighted by Gasteiger charge is -2.19. The number of fused-ring (bicyclic) bond motifs is 2. The van der Waals surface area contributed by atoms with Crippen molar-refractivity contribution in [1.29, 1.82) is 5.26 Å². The number of nitrogens with one attached hydrogen (secondary N) is 1. The molecule has 4 aromatic rings. The number of ether oxygens (including phenoxy) is 2. The molecule has 1 aliphatic heterocycles. The van der Waals surface area contributed by atoms with E-state index >= 15 is 4.39 Å². The minimum Gasteiger partial charge on any atom is -0.448 e. The van der Waals surface area contributed by atoms with E-state index in [0.29, 0.717) is 5.56 Å². The number of hydrogen-bond donors (Lipinski definition) is 1. The van der Waals surface area contributed by atoms with Crippen LogP contribution in [0.3, 0.4) is 0 Å². The first kappa shape index (κ1) is 28.2. The van der Waals surface area contributed by atoms with Gasteiger partial charge in [-0.25, -0.2) is 9.07 Å². The molecule has 0 atom stereocenters. The molecule has 3 heterocycles. The van der Waals surface area contributed by atoms with E-state index in [2.05, 4.69) is 19.9 Å². The second kappa shape index (κ2) is 9.95. The van der Waals surface area contributed by atoms with Gasteiger partial charge in [0.25, 0.3) is 11.5 Å². The van der Waals surface area contributed by atoms with E-state index in [1.54, 1.807) is 39.0 Å². The molecule has 2 aromatic carbocycles. The quantitative estimate of drug-likeness (QED) is 0.370. The number of nitrogens with zero attached hydrogens (tertiary/aromatic N) is 4. The molecule has 14 heteroatoms. The lowest BCUT2D eigenvalue weighted by atomic mass is 10.1. The molecule has 42 heavy (non-hydrogen) atoms. The fraction of sp³-hybridized carbons (Fsp3) is 0.250. The zero-order valence-corrected chi connectivity index (χ0v) is 22.6.